The molecule has 1 N–H and O–H groups in total. The molecule has 0 aliphatic heterocycles. The summed E-state index contributed by atoms with van der Waals surface area (Å²) in [6.07, 6.45) is 0. The molecule has 0 saturated heterocycles. The lowest BCUT2D eigenvalue weighted by Crippen LogP contribution is -2.08. The second-order valence-corrected chi connectivity index (χ2v) is 3.86. The summed E-state index contributed by atoms with van der Waals surface area (Å²) in [5, 5.41) is 7.48. The standard InChI is InChI=1S/C10H11ClN4O/c1-15(2)10-13-9(14-16-10)12-8-5-3-7(11)4-6-8/h3-6H,1-2H3,(H,12,14). The van der Waals surface area contributed by atoms with Crippen LogP contribution in [0.1, 0.15) is 0 Å². The van der Waals surface area contributed by atoms with Crippen LogP contribution in [-0.4, -0.2) is 24.2 Å². The minimum absolute atomic E-state index is 0.422. The van der Waals surface area contributed by atoms with Gasteiger partial charge < -0.3 is 14.7 Å². The van der Waals surface area contributed by atoms with Gasteiger partial charge in [-0.2, -0.15) is 4.98 Å². The Morgan fingerprint density at radius 3 is 2.50 bits per heavy atom. The molecule has 1 heterocycles. The van der Waals surface area contributed by atoms with Crippen molar-refractivity contribution in [2.24, 2.45) is 0 Å². The third kappa shape index (κ3) is 2.43. The minimum atomic E-state index is 0.422. The molecule has 0 radical (unpaired) electrons. The van der Waals surface area contributed by atoms with E-state index in [-0.39, 0.29) is 0 Å². The van der Waals surface area contributed by atoms with Crippen LogP contribution in [0, 0.1) is 0 Å². The van der Waals surface area contributed by atoms with Gasteiger partial charge in [0.25, 0.3) is 5.95 Å². The van der Waals surface area contributed by atoms with Crippen molar-refractivity contribution in [3.63, 3.8) is 0 Å². The van der Waals surface area contributed by atoms with E-state index in [1.54, 1.807) is 17.0 Å². The molecule has 6 heteroatoms. The van der Waals surface area contributed by atoms with Crippen molar-refractivity contribution in [3.8, 4) is 0 Å². The molecule has 1 aromatic carbocycles. The van der Waals surface area contributed by atoms with E-state index >= 15 is 0 Å². The van der Waals surface area contributed by atoms with Crippen LogP contribution in [0.25, 0.3) is 0 Å². The topological polar surface area (TPSA) is 54.2 Å². The highest BCUT2D eigenvalue weighted by molar-refractivity contribution is 6.30. The number of halogens is 1. The SMILES string of the molecule is CN(C)c1nc(Nc2ccc(Cl)cc2)no1. The maximum atomic E-state index is 5.78. The Bertz CT molecular complexity index is 466. The zero-order valence-electron chi connectivity index (χ0n) is 8.94. The lowest BCUT2D eigenvalue weighted by atomic mass is 10.3. The molecular weight excluding hydrogens is 228 g/mol. The average molecular weight is 239 g/mol. The van der Waals surface area contributed by atoms with Crippen molar-refractivity contribution in [1.82, 2.24) is 10.1 Å². The molecule has 0 fully saturated rings. The van der Waals surface area contributed by atoms with E-state index in [1.165, 1.54) is 0 Å². The molecule has 0 amide bonds. The second-order valence-electron chi connectivity index (χ2n) is 3.43. The van der Waals surface area contributed by atoms with E-state index in [2.05, 4.69) is 15.5 Å². The molecule has 0 saturated carbocycles. The van der Waals surface area contributed by atoms with E-state index in [0.717, 1.165) is 5.69 Å². The van der Waals surface area contributed by atoms with Crippen LogP contribution >= 0.6 is 11.6 Å². The second kappa shape index (κ2) is 4.40. The third-order valence-corrected chi connectivity index (χ3v) is 2.15. The van der Waals surface area contributed by atoms with Gasteiger partial charge in [0.2, 0.25) is 0 Å². The molecule has 0 atom stereocenters. The summed E-state index contributed by atoms with van der Waals surface area (Å²) < 4.78 is 5.00. The minimum Gasteiger partial charge on any atom is -0.330 e. The van der Waals surface area contributed by atoms with Gasteiger partial charge in [0, 0.05) is 24.8 Å². The van der Waals surface area contributed by atoms with E-state index < -0.39 is 0 Å². The van der Waals surface area contributed by atoms with E-state index in [0.29, 0.717) is 17.0 Å². The van der Waals surface area contributed by atoms with Crippen molar-refractivity contribution >= 4 is 29.3 Å². The van der Waals surface area contributed by atoms with Gasteiger partial charge in [-0.05, 0) is 29.4 Å². The zero-order chi connectivity index (χ0) is 11.5. The third-order valence-electron chi connectivity index (χ3n) is 1.90. The van der Waals surface area contributed by atoms with Crippen LogP contribution in [0.15, 0.2) is 28.8 Å². The average Bonchev–Trinajstić information content (AvgIpc) is 2.70. The Morgan fingerprint density at radius 1 is 1.25 bits per heavy atom. The first kappa shape index (κ1) is 10.8. The van der Waals surface area contributed by atoms with E-state index in [9.17, 15) is 0 Å². The predicted octanol–water partition coefficient (Wildman–Crippen LogP) is 2.53. The molecule has 1 aromatic heterocycles. The summed E-state index contributed by atoms with van der Waals surface area (Å²) in [4.78, 5) is 5.87. The molecule has 84 valence electrons. The number of rotatable bonds is 3. The smallest absolute Gasteiger partial charge is 0.325 e. The summed E-state index contributed by atoms with van der Waals surface area (Å²) in [5.74, 6) is 0.422. The van der Waals surface area contributed by atoms with Crippen molar-refractivity contribution in [3.05, 3.63) is 29.3 Å². The summed E-state index contributed by atoms with van der Waals surface area (Å²) in [6.45, 7) is 0. The Morgan fingerprint density at radius 2 is 1.94 bits per heavy atom. The summed E-state index contributed by atoms with van der Waals surface area (Å²) in [5.41, 5.74) is 0.857. The van der Waals surface area contributed by atoms with Gasteiger partial charge in [-0.25, -0.2) is 0 Å². The fourth-order valence-electron chi connectivity index (χ4n) is 1.11. The summed E-state index contributed by atoms with van der Waals surface area (Å²) in [7, 11) is 3.67. The Kier molecular flexibility index (Phi) is 2.96. The van der Waals surface area contributed by atoms with Crippen molar-refractivity contribution in [2.45, 2.75) is 0 Å². The molecule has 0 aliphatic rings. The van der Waals surface area contributed by atoms with Gasteiger partial charge in [0.05, 0.1) is 0 Å². The summed E-state index contributed by atoms with van der Waals surface area (Å²) >= 11 is 5.78. The predicted molar refractivity (Wildman–Crippen MR) is 63.4 cm³/mol. The fourth-order valence-corrected chi connectivity index (χ4v) is 1.24. The highest BCUT2D eigenvalue weighted by atomic mass is 35.5. The monoisotopic (exact) mass is 238 g/mol. The van der Waals surface area contributed by atoms with Gasteiger partial charge in [0.1, 0.15) is 0 Å². The number of nitrogens with zero attached hydrogens (tertiary/aromatic N) is 3. The normalized spacial score (nSPS) is 10.2. The molecule has 0 aliphatic carbocycles. The van der Waals surface area contributed by atoms with Gasteiger partial charge >= 0.3 is 6.01 Å². The van der Waals surface area contributed by atoms with Crippen molar-refractivity contribution in [1.29, 1.82) is 0 Å². The molecule has 0 spiro atoms. The van der Waals surface area contributed by atoms with Crippen LogP contribution < -0.4 is 10.2 Å². The fraction of sp³-hybridized carbons (Fsp3) is 0.200. The molecule has 16 heavy (non-hydrogen) atoms. The lowest BCUT2D eigenvalue weighted by Gasteiger charge is -2.02. The van der Waals surface area contributed by atoms with E-state index in [4.69, 9.17) is 16.1 Å². The number of anilines is 3. The number of hydrogen-bond acceptors (Lipinski definition) is 5. The highest BCUT2D eigenvalue weighted by Gasteiger charge is 2.07. The number of hydrogen-bond donors (Lipinski definition) is 1. The number of nitrogens with one attached hydrogen (secondary N) is 1. The Hall–Kier alpha value is -1.75. The molecule has 0 unspecified atom stereocenters. The number of benzene rings is 1. The molecule has 2 rings (SSSR count). The van der Waals surface area contributed by atoms with E-state index in [1.807, 2.05) is 26.2 Å². The van der Waals surface area contributed by atoms with Crippen LogP contribution in [0.5, 0.6) is 0 Å². The zero-order valence-corrected chi connectivity index (χ0v) is 9.69. The quantitative estimate of drug-likeness (QED) is 0.891. The van der Waals surface area contributed by atoms with Gasteiger partial charge in [-0.15, -0.1) is 0 Å². The Labute approximate surface area is 98.0 Å². The molecule has 2 aromatic rings. The first-order chi connectivity index (χ1) is 7.65. The van der Waals surface area contributed by atoms with Crippen molar-refractivity contribution in [2.75, 3.05) is 24.3 Å². The van der Waals surface area contributed by atoms with Gasteiger partial charge in [-0.1, -0.05) is 11.6 Å². The van der Waals surface area contributed by atoms with Crippen LogP contribution in [-0.2, 0) is 0 Å². The largest absolute Gasteiger partial charge is 0.330 e. The number of aromatic nitrogens is 2. The Balaban J connectivity index is 2.11. The molecule has 5 nitrogen and oxygen atoms in total. The maximum absolute atomic E-state index is 5.78. The highest BCUT2D eigenvalue weighted by Crippen LogP contribution is 2.18. The maximum Gasteiger partial charge on any atom is 0.325 e. The van der Waals surface area contributed by atoms with Crippen molar-refractivity contribution < 1.29 is 4.52 Å². The molecule has 0 bridgehead atoms. The van der Waals surface area contributed by atoms with Gasteiger partial charge in [-0.3, -0.25) is 0 Å². The van der Waals surface area contributed by atoms with Gasteiger partial charge in [0.15, 0.2) is 0 Å². The van der Waals surface area contributed by atoms with Crippen LogP contribution in [0.2, 0.25) is 5.02 Å². The lowest BCUT2D eigenvalue weighted by molar-refractivity contribution is 0.423. The summed E-state index contributed by atoms with van der Waals surface area (Å²) in [6, 6.07) is 7.71. The first-order valence-electron chi connectivity index (χ1n) is 4.69. The first-order valence-corrected chi connectivity index (χ1v) is 5.06. The van der Waals surface area contributed by atoms with Crippen LogP contribution in [0.4, 0.5) is 17.7 Å². The van der Waals surface area contributed by atoms with Crippen LogP contribution in [0.3, 0.4) is 0 Å². The molecular formula is C10H11ClN4O.